The van der Waals surface area contributed by atoms with Crippen molar-refractivity contribution in [3.05, 3.63) is 27.9 Å². The molecule has 0 aliphatic heterocycles. The van der Waals surface area contributed by atoms with E-state index >= 15 is 0 Å². The van der Waals surface area contributed by atoms with Gasteiger partial charge in [0, 0.05) is 6.20 Å². The maximum atomic E-state index is 10.7. The molecule has 0 aliphatic carbocycles. The van der Waals surface area contributed by atoms with Crippen molar-refractivity contribution in [2.45, 2.75) is 0 Å². The lowest BCUT2D eigenvalue weighted by Crippen LogP contribution is -2.14. The van der Waals surface area contributed by atoms with Crippen molar-refractivity contribution in [3.63, 3.8) is 0 Å². The highest BCUT2D eigenvalue weighted by Gasteiger charge is 2.18. The molecule has 7 heteroatoms. The summed E-state index contributed by atoms with van der Waals surface area (Å²) >= 11 is 0. The summed E-state index contributed by atoms with van der Waals surface area (Å²) in [6, 6.07) is 0.986. The van der Waals surface area contributed by atoms with Gasteiger partial charge in [0.25, 0.3) is 11.6 Å². The van der Waals surface area contributed by atoms with E-state index in [2.05, 4.69) is 4.98 Å². The molecule has 1 amide bonds. The quantitative estimate of drug-likeness (QED) is 0.478. The number of primary amides is 1. The summed E-state index contributed by atoms with van der Waals surface area (Å²) in [6.45, 7) is 0. The number of nitrogen functional groups attached to an aromatic ring is 1. The molecule has 1 aromatic heterocycles. The van der Waals surface area contributed by atoms with Gasteiger partial charge in [-0.2, -0.15) is 0 Å². The minimum Gasteiger partial charge on any atom is -0.383 e. The maximum Gasteiger partial charge on any atom is 0.287 e. The van der Waals surface area contributed by atoms with E-state index in [0.717, 1.165) is 12.3 Å². The molecule has 0 fully saturated rings. The summed E-state index contributed by atoms with van der Waals surface area (Å²) in [5, 5.41) is 10.4. The third-order valence-corrected chi connectivity index (χ3v) is 1.37. The van der Waals surface area contributed by atoms with Crippen molar-refractivity contribution in [2.24, 2.45) is 5.73 Å². The van der Waals surface area contributed by atoms with Crippen molar-refractivity contribution in [2.75, 3.05) is 5.73 Å². The summed E-state index contributed by atoms with van der Waals surface area (Å²) in [4.78, 5) is 23.8. The van der Waals surface area contributed by atoms with E-state index in [1.54, 1.807) is 0 Å². The molecule has 0 radical (unpaired) electrons. The van der Waals surface area contributed by atoms with Crippen molar-refractivity contribution in [3.8, 4) is 0 Å². The number of nitro groups is 1. The SMILES string of the molecule is NC(=O)c1cnc(N)cc1[N+](=O)[O-]. The molecule has 0 saturated heterocycles. The van der Waals surface area contributed by atoms with Gasteiger partial charge in [-0.15, -0.1) is 0 Å². The highest BCUT2D eigenvalue weighted by Crippen LogP contribution is 2.18. The smallest absolute Gasteiger partial charge is 0.287 e. The number of hydrogen-bond acceptors (Lipinski definition) is 5. The van der Waals surface area contributed by atoms with Gasteiger partial charge in [0.15, 0.2) is 0 Å². The molecule has 13 heavy (non-hydrogen) atoms. The van der Waals surface area contributed by atoms with Crippen molar-refractivity contribution in [1.82, 2.24) is 4.98 Å². The van der Waals surface area contributed by atoms with Crippen molar-refractivity contribution >= 4 is 17.4 Å². The van der Waals surface area contributed by atoms with E-state index in [-0.39, 0.29) is 11.4 Å². The van der Waals surface area contributed by atoms with Crippen LogP contribution in [0.1, 0.15) is 10.4 Å². The molecule has 1 rings (SSSR count). The normalized spacial score (nSPS) is 9.54. The van der Waals surface area contributed by atoms with Crippen molar-refractivity contribution in [1.29, 1.82) is 0 Å². The number of hydrogen-bond donors (Lipinski definition) is 2. The molecule has 0 saturated carbocycles. The number of carbonyl (C=O) groups excluding carboxylic acids is 1. The minimum atomic E-state index is -0.904. The van der Waals surface area contributed by atoms with Gasteiger partial charge in [-0.1, -0.05) is 0 Å². The minimum absolute atomic E-state index is 0.0308. The van der Waals surface area contributed by atoms with Gasteiger partial charge in [0.1, 0.15) is 11.4 Å². The summed E-state index contributed by atoms with van der Waals surface area (Å²) < 4.78 is 0. The summed E-state index contributed by atoms with van der Waals surface area (Å²) in [5.41, 5.74) is 9.39. The Balaban J connectivity index is 3.35. The predicted octanol–water partition coefficient (Wildman–Crippen LogP) is -0.329. The lowest BCUT2D eigenvalue weighted by molar-refractivity contribution is -0.385. The summed E-state index contributed by atoms with van der Waals surface area (Å²) in [7, 11) is 0. The van der Waals surface area contributed by atoms with Crippen LogP contribution in [0, 0.1) is 10.1 Å². The third kappa shape index (κ3) is 1.70. The number of pyridine rings is 1. The molecule has 0 spiro atoms. The van der Waals surface area contributed by atoms with Crippen LogP contribution in [0.15, 0.2) is 12.3 Å². The zero-order valence-electron chi connectivity index (χ0n) is 6.43. The monoisotopic (exact) mass is 182 g/mol. The van der Waals surface area contributed by atoms with E-state index < -0.39 is 16.5 Å². The number of nitrogens with two attached hydrogens (primary N) is 2. The molecule has 4 N–H and O–H groups in total. The second-order valence-corrected chi connectivity index (χ2v) is 2.25. The molecule has 0 aliphatic rings. The number of aromatic nitrogens is 1. The fourth-order valence-corrected chi connectivity index (χ4v) is 0.801. The molecular weight excluding hydrogens is 176 g/mol. The predicted molar refractivity (Wildman–Crippen MR) is 43.8 cm³/mol. The zero-order valence-corrected chi connectivity index (χ0v) is 6.43. The summed E-state index contributed by atoms with van der Waals surface area (Å²) in [5.74, 6) is -0.934. The number of nitrogens with zero attached hydrogens (tertiary/aromatic N) is 2. The Morgan fingerprint density at radius 3 is 2.69 bits per heavy atom. The lowest BCUT2D eigenvalue weighted by atomic mass is 10.2. The van der Waals surface area contributed by atoms with Gasteiger partial charge in [0.05, 0.1) is 11.0 Å². The maximum absolute atomic E-state index is 10.7. The second kappa shape index (κ2) is 3.05. The molecule has 1 aromatic rings. The molecule has 0 bridgehead atoms. The second-order valence-electron chi connectivity index (χ2n) is 2.25. The Hall–Kier alpha value is -2.18. The highest BCUT2D eigenvalue weighted by atomic mass is 16.6. The van der Waals surface area contributed by atoms with Crippen LogP contribution in [0.4, 0.5) is 11.5 Å². The first kappa shape index (κ1) is 8.91. The Morgan fingerprint density at radius 2 is 2.23 bits per heavy atom. The average Bonchev–Trinajstić information content (AvgIpc) is 2.03. The average molecular weight is 182 g/mol. The molecule has 0 atom stereocenters. The van der Waals surface area contributed by atoms with Crippen LogP contribution in [0.5, 0.6) is 0 Å². The number of anilines is 1. The van der Waals surface area contributed by atoms with E-state index in [1.165, 1.54) is 0 Å². The summed E-state index contributed by atoms with van der Waals surface area (Å²) in [6.07, 6.45) is 0.982. The third-order valence-electron chi connectivity index (χ3n) is 1.37. The number of rotatable bonds is 2. The van der Waals surface area contributed by atoms with Gasteiger partial charge in [0.2, 0.25) is 0 Å². The first-order chi connectivity index (χ1) is 6.02. The van der Waals surface area contributed by atoms with Gasteiger partial charge in [-0.25, -0.2) is 4.98 Å². The fourth-order valence-electron chi connectivity index (χ4n) is 0.801. The first-order valence-corrected chi connectivity index (χ1v) is 3.22. The van der Waals surface area contributed by atoms with Gasteiger partial charge in [-0.05, 0) is 0 Å². The molecule has 68 valence electrons. The molecule has 1 heterocycles. The molecule has 0 aromatic carbocycles. The largest absolute Gasteiger partial charge is 0.383 e. The van der Waals surface area contributed by atoms with Crippen molar-refractivity contribution < 1.29 is 9.72 Å². The number of carbonyl (C=O) groups is 1. The standard InChI is InChI=1S/C6H6N4O3/c7-5-1-4(10(12)13)3(2-9-5)6(8)11/h1-2H,(H2,7,9)(H2,8,11). The Kier molecular flexibility index (Phi) is 2.09. The molecule has 7 nitrogen and oxygen atoms in total. The highest BCUT2D eigenvalue weighted by molar-refractivity contribution is 5.96. The van der Waals surface area contributed by atoms with Crippen LogP contribution >= 0.6 is 0 Å². The van der Waals surface area contributed by atoms with Gasteiger partial charge < -0.3 is 11.5 Å². The lowest BCUT2D eigenvalue weighted by Gasteiger charge is -1.98. The Labute approximate surface area is 72.5 Å². The zero-order chi connectivity index (χ0) is 10.0. The topological polar surface area (TPSA) is 125 Å². The first-order valence-electron chi connectivity index (χ1n) is 3.22. The Morgan fingerprint density at radius 1 is 1.62 bits per heavy atom. The Bertz CT molecular complexity index is 376. The van der Waals surface area contributed by atoms with Crippen LogP contribution in [0.25, 0.3) is 0 Å². The van der Waals surface area contributed by atoms with Crippen LogP contribution in [0.3, 0.4) is 0 Å². The fraction of sp³-hybridized carbons (Fsp3) is 0. The van der Waals surface area contributed by atoms with Crippen LogP contribution < -0.4 is 11.5 Å². The van der Waals surface area contributed by atoms with Crippen LogP contribution in [0.2, 0.25) is 0 Å². The van der Waals surface area contributed by atoms with Crippen LogP contribution in [-0.4, -0.2) is 15.8 Å². The molecule has 0 unspecified atom stereocenters. The van der Waals surface area contributed by atoms with E-state index in [4.69, 9.17) is 11.5 Å². The van der Waals surface area contributed by atoms with Gasteiger partial charge in [-0.3, -0.25) is 14.9 Å². The van der Waals surface area contributed by atoms with E-state index in [1.807, 2.05) is 0 Å². The van der Waals surface area contributed by atoms with Gasteiger partial charge >= 0.3 is 0 Å². The number of amides is 1. The van der Waals surface area contributed by atoms with E-state index in [0.29, 0.717) is 0 Å². The molecular formula is C6H6N4O3. The van der Waals surface area contributed by atoms with Crippen LogP contribution in [-0.2, 0) is 0 Å². The van der Waals surface area contributed by atoms with E-state index in [9.17, 15) is 14.9 Å².